The monoisotopic (exact) mass is 316 g/mol. The van der Waals surface area contributed by atoms with Crippen molar-refractivity contribution in [3.8, 4) is 0 Å². The largest absolute Gasteiger partial charge is 0.348 e. The SMILES string of the molecule is CCN(C(=O)/C=C/C(=O)NCc1ccncc1)C1CCN(C)C1. The maximum atomic E-state index is 12.3. The van der Waals surface area contributed by atoms with Gasteiger partial charge in [-0.25, -0.2) is 0 Å². The Bertz CT molecular complexity index is 559. The van der Waals surface area contributed by atoms with Crippen molar-refractivity contribution in [1.29, 1.82) is 0 Å². The standard InChI is InChI=1S/C17H24N4O2/c1-3-21(15-8-11-20(2)13-15)17(23)5-4-16(22)19-12-14-6-9-18-10-7-14/h4-7,9-10,15H,3,8,11-13H2,1-2H3,(H,19,22)/b5-4+. The molecule has 6 nitrogen and oxygen atoms in total. The molecule has 1 unspecified atom stereocenters. The highest BCUT2D eigenvalue weighted by molar-refractivity contribution is 5.96. The minimum Gasteiger partial charge on any atom is -0.348 e. The van der Waals surface area contributed by atoms with Gasteiger partial charge in [-0.05, 0) is 44.6 Å². The summed E-state index contributed by atoms with van der Waals surface area (Å²) in [6, 6.07) is 3.91. The molecule has 23 heavy (non-hydrogen) atoms. The van der Waals surface area contributed by atoms with Gasteiger partial charge in [-0.3, -0.25) is 14.6 Å². The molecule has 0 radical (unpaired) electrons. The molecule has 2 rings (SSSR count). The highest BCUT2D eigenvalue weighted by atomic mass is 16.2. The maximum absolute atomic E-state index is 12.3. The first-order chi connectivity index (χ1) is 11.1. The molecular formula is C17H24N4O2. The summed E-state index contributed by atoms with van der Waals surface area (Å²) in [5, 5.41) is 2.76. The summed E-state index contributed by atoms with van der Waals surface area (Å²) in [6.45, 7) is 4.94. The average molecular weight is 316 g/mol. The van der Waals surface area contributed by atoms with E-state index >= 15 is 0 Å². The Hall–Kier alpha value is -2.21. The Morgan fingerprint density at radius 1 is 1.39 bits per heavy atom. The highest BCUT2D eigenvalue weighted by Gasteiger charge is 2.26. The summed E-state index contributed by atoms with van der Waals surface area (Å²) in [5.74, 6) is -0.374. The zero-order valence-corrected chi connectivity index (χ0v) is 13.7. The van der Waals surface area contributed by atoms with Gasteiger partial charge in [0.2, 0.25) is 11.8 Å². The van der Waals surface area contributed by atoms with Crippen molar-refractivity contribution in [1.82, 2.24) is 20.1 Å². The second-order valence-electron chi connectivity index (χ2n) is 5.74. The Morgan fingerprint density at radius 3 is 2.74 bits per heavy atom. The molecule has 0 aliphatic carbocycles. The number of hydrogen-bond donors (Lipinski definition) is 1. The van der Waals surface area contributed by atoms with Crippen molar-refractivity contribution in [2.75, 3.05) is 26.7 Å². The van der Waals surface area contributed by atoms with Gasteiger partial charge in [-0.15, -0.1) is 0 Å². The first-order valence-electron chi connectivity index (χ1n) is 7.94. The summed E-state index contributed by atoms with van der Waals surface area (Å²) in [5.41, 5.74) is 0.970. The van der Waals surface area contributed by atoms with Crippen molar-refractivity contribution >= 4 is 11.8 Å². The molecule has 6 heteroatoms. The summed E-state index contributed by atoms with van der Waals surface area (Å²) in [7, 11) is 2.06. The maximum Gasteiger partial charge on any atom is 0.247 e. The van der Waals surface area contributed by atoms with Crippen LogP contribution in [-0.4, -0.2) is 59.3 Å². The molecule has 0 bridgehead atoms. The lowest BCUT2D eigenvalue weighted by molar-refractivity contribution is -0.128. The van der Waals surface area contributed by atoms with Crippen molar-refractivity contribution in [2.45, 2.75) is 25.9 Å². The molecule has 1 aromatic rings. The minimum absolute atomic E-state index is 0.105. The molecule has 0 saturated carbocycles. The number of nitrogens with zero attached hydrogens (tertiary/aromatic N) is 3. The van der Waals surface area contributed by atoms with Crippen LogP contribution >= 0.6 is 0 Å². The van der Waals surface area contributed by atoms with E-state index in [1.54, 1.807) is 12.4 Å². The van der Waals surface area contributed by atoms with E-state index in [1.165, 1.54) is 12.2 Å². The number of likely N-dealkylation sites (N-methyl/N-ethyl adjacent to an activating group) is 2. The lowest BCUT2D eigenvalue weighted by Crippen LogP contribution is -2.40. The molecule has 1 aromatic heterocycles. The van der Waals surface area contributed by atoms with Gasteiger partial charge in [0.1, 0.15) is 0 Å². The lowest BCUT2D eigenvalue weighted by Gasteiger charge is -2.26. The summed E-state index contributed by atoms with van der Waals surface area (Å²) >= 11 is 0. The first-order valence-corrected chi connectivity index (χ1v) is 7.94. The van der Waals surface area contributed by atoms with E-state index in [0.717, 1.165) is 25.1 Å². The Kier molecular flexibility index (Phi) is 6.29. The molecule has 0 spiro atoms. The van der Waals surface area contributed by atoms with E-state index in [2.05, 4.69) is 22.2 Å². The van der Waals surface area contributed by atoms with Crippen molar-refractivity contribution < 1.29 is 9.59 Å². The minimum atomic E-state index is -0.269. The van der Waals surface area contributed by atoms with Crippen LogP contribution in [0.5, 0.6) is 0 Å². The number of pyridine rings is 1. The number of amides is 2. The van der Waals surface area contributed by atoms with Crippen molar-refractivity contribution in [3.05, 3.63) is 42.2 Å². The summed E-state index contributed by atoms with van der Waals surface area (Å²) < 4.78 is 0. The zero-order valence-electron chi connectivity index (χ0n) is 13.7. The Balaban J connectivity index is 1.82. The van der Waals surface area contributed by atoms with Gasteiger partial charge in [-0.2, -0.15) is 0 Å². The van der Waals surface area contributed by atoms with E-state index in [4.69, 9.17) is 0 Å². The number of carbonyl (C=O) groups is 2. The predicted molar refractivity (Wildman–Crippen MR) is 88.5 cm³/mol. The Morgan fingerprint density at radius 2 is 2.13 bits per heavy atom. The number of rotatable bonds is 6. The topological polar surface area (TPSA) is 65.5 Å². The van der Waals surface area contributed by atoms with E-state index in [0.29, 0.717) is 13.1 Å². The summed E-state index contributed by atoms with van der Waals surface area (Å²) in [6.07, 6.45) is 7.02. The molecule has 124 valence electrons. The fraction of sp³-hybridized carbons (Fsp3) is 0.471. The molecule has 1 N–H and O–H groups in total. The molecule has 1 aliphatic heterocycles. The van der Waals surface area contributed by atoms with Crippen LogP contribution in [0.1, 0.15) is 18.9 Å². The second kappa shape index (κ2) is 8.43. The van der Waals surface area contributed by atoms with Crippen LogP contribution in [0.3, 0.4) is 0 Å². The first kappa shape index (κ1) is 17.1. The third-order valence-electron chi connectivity index (χ3n) is 4.02. The number of hydrogen-bond acceptors (Lipinski definition) is 4. The van der Waals surface area contributed by atoms with E-state index in [1.807, 2.05) is 24.0 Å². The van der Waals surface area contributed by atoms with Crippen LogP contribution in [-0.2, 0) is 16.1 Å². The van der Waals surface area contributed by atoms with Crippen LogP contribution in [0.4, 0.5) is 0 Å². The normalized spacial score (nSPS) is 18.3. The molecule has 1 atom stereocenters. The number of carbonyl (C=O) groups excluding carboxylic acids is 2. The smallest absolute Gasteiger partial charge is 0.247 e. The van der Waals surface area contributed by atoms with Crippen molar-refractivity contribution in [2.24, 2.45) is 0 Å². The van der Waals surface area contributed by atoms with Crippen LogP contribution in [0.2, 0.25) is 0 Å². The predicted octanol–water partition coefficient (Wildman–Crippen LogP) is 0.807. The van der Waals surface area contributed by atoms with Crippen molar-refractivity contribution in [3.63, 3.8) is 0 Å². The second-order valence-corrected chi connectivity index (χ2v) is 5.74. The van der Waals surface area contributed by atoms with Gasteiger partial charge < -0.3 is 15.1 Å². The quantitative estimate of drug-likeness (QED) is 0.789. The fourth-order valence-corrected chi connectivity index (χ4v) is 2.75. The van der Waals surface area contributed by atoms with Crippen LogP contribution < -0.4 is 5.32 Å². The van der Waals surface area contributed by atoms with E-state index in [9.17, 15) is 9.59 Å². The number of nitrogens with one attached hydrogen (secondary N) is 1. The van der Waals surface area contributed by atoms with Gasteiger partial charge in [0.15, 0.2) is 0 Å². The molecule has 2 amide bonds. The van der Waals surface area contributed by atoms with Crippen LogP contribution in [0.25, 0.3) is 0 Å². The third-order valence-corrected chi connectivity index (χ3v) is 4.02. The van der Waals surface area contributed by atoms with E-state index < -0.39 is 0 Å². The van der Waals surface area contributed by atoms with Gasteiger partial charge >= 0.3 is 0 Å². The molecule has 1 fully saturated rings. The van der Waals surface area contributed by atoms with Gasteiger partial charge in [-0.1, -0.05) is 0 Å². The van der Waals surface area contributed by atoms with Gasteiger partial charge in [0.05, 0.1) is 0 Å². The number of likely N-dealkylation sites (tertiary alicyclic amines) is 1. The Labute approximate surface area is 137 Å². The lowest BCUT2D eigenvalue weighted by atomic mass is 10.2. The highest BCUT2D eigenvalue weighted by Crippen LogP contribution is 2.14. The average Bonchev–Trinajstić information content (AvgIpc) is 2.98. The molecule has 1 aliphatic rings. The molecule has 0 aromatic carbocycles. The molecular weight excluding hydrogens is 292 g/mol. The van der Waals surface area contributed by atoms with Crippen LogP contribution in [0.15, 0.2) is 36.7 Å². The summed E-state index contributed by atoms with van der Waals surface area (Å²) in [4.78, 5) is 32.1. The molecule has 1 saturated heterocycles. The fourth-order valence-electron chi connectivity index (χ4n) is 2.75. The van der Waals surface area contributed by atoms with E-state index in [-0.39, 0.29) is 17.9 Å². The molecule has 2 heterocycles. The zero-order chi connectivity index (χ0) is 16.7. The van der Waals surface area contributed by atoms with Gasteiger partial charge in [0, 0.05) is 50.2 Å². The van der Waals surface area contributed by atoms with Crippen LogP contribution in [0, 0.1) is 0 Å². The van der Waals surface area contributed by atoms with Gasteiger partial charge in [0.25, 0.3) is 0 Å². The number of aromatic nitrogens is 1. The third kappa shape index (κ3) is 5.17.